The van der Waals surface area contributed by atoms with Crippen molar-refractivity contribution in [1.29, 1.82) is 0 Å². The molecular weight excluding hydrogens is 715 g/mol. The normalized spacial score (nSPS) is 12.7. The van der Waals surface area contributed by atoms with Crippen molar-refractivity contribution in [1.82, 2.24) is 10.6 Å². The Kier molecular flexibility index (Phi) is 41.8. The van der Waals surface area contributed by atoms with Gasteiger partial charge in [-0.3, -0.25) is 14.2 Å². The van der Waals surface area contributed by atoms with Gasteiger partial charge in [-0.2, -0.15) is 0 Å². The Morgan fingerprint density at radius 3 is 1.13 bits per heavy atom. The lowest BCUT2D eigenvalue weighted by atomic mass is 10.0. The van der Waals surface area contributed by atoms with Gasteiger partial charge in [0.2, 0.25) is 11.8 Å². The molecule has 0 aromatic rings. The summed E-state index contributed by atoms with van der Waals surface area (Å²) in [6, 6.07) is 0. The highest BCUT2D eigenvalue weighted by molar-refractivity contribution is 7.45. The smallest absolute Gasteiger partial charge is 0.267 e. The zero-order chi connectivity index (χ0) is 40.3. The van der Waals surface area contributed by atoms with Gasteiger partial charge < -0.3 is 34.0 Å². The maximum absolute atomic E-state index is 12.6. The molecule has 0 bridgehead atoms. The molecule has 0 aliphatic rings. The number of nitrogens with one attached hydrogen (secondary N) is 2. The second kappa shape index (κ2) is 42.6. The van der Waals surface area contributed by atoms with Crippen LogP contribution in [0.3, 0.4) is 0 Å². The fourth-order valence-electron chi connectivity index (χ4n) is 6.77. The fourth-order valence-corrected chi connectivity index (χ4v) is 7.18. The van der Waals surface area contributed by atoms with Gasteiger partial charge >= 0.3 is 0 Å². The first-order chi connectivity index (χ1) is 26.8. The summed E-state index contributed by atoms with van der Waals surface area (Å²) >= 11 is 0. The Morgan fingerprint density at radius 2 is 0.800 bits per heavy atom. The van der Waals surface area contributed by atoms with Gasteiger partial charge in [-0.25, -0.2) is 0 Å². The highest BCUT2D eigenvalue weighted by atomic mass is 31.2. The Balaban J connectivity index is 4.14. The molecule has 0 aromatic carbocycles. The van der Waals surface area contributed by atoms with Crippen molar-refractivity contribution < 1.29 is 37.6 Å². The van der Waals surface area contributed by atoms with Crippen molar-refractivity contribution in [3.05, 3.63) is 0 Å². The number of carbonyl (C=O) groups excluding carboxylic acids is 2. The van der Waals surface area contributed by atoms with E-state index in [0.717, 1.165) is 32.8 Å². The van der Waals surface area contributed by atoms with Gasteiger partial charge in [0.05, 0.1) is 32.5 Å². The van der Waals surface area contributed by atoms with Gasteiger partial charge in [0, 0.05) is 33.0 Å². The second-order valence-electron chi connectivity index (χ2n) is 15.6. The molecule has 0 aliphatic carbocycles. The molecule has 0 radical (unpaired) electrons. The van der Waals surface area contributed by atoms with Crippen molar-refractivity contribution in [3.63, 3.8) is 0 Å². The molecule has 0 saturated heterocycles. The lowest BCUT2D eigenvalue weighted by Crippen LogP contribution is -2.42. The number of phosphoric acid groups is 1. The summed E-state index contributed by atoms with van der Waals surface area (Å²) in [4.78, 5) is 36.4. The summed E-state index contributed by atoms with van der Waals surface area (Å²) in [6.45, 7) is 5.50. The summed E-state index contributed by atoms with van der Waals surface area (Å²) in [7, 11) is -3.23. The van der Waals surface area contributed by atoms with Crippen LogP contribution in [0.4, 0.5) is 0 Å². The van der Waals surface area contributed by atoms with E-state index >= 15 is 0 Å². The highest BCUT2D eigenvalue weighted by Crippen LogP contribution is 2.36. The first kappa shape index (κ1) is 54.0. The van der Waals surface area contributed by atoms with E-state index in [4.69, 9.17) is 9.47 Å². The second-order valence-corrected chi connectivity index (χ2v) is 17.1. The zero-order valence-corrected chi connectivity index (χ0v) is 37.1. The van der Waals surface area contributed by atoms with Crippen molar-refractivity contribution in [2.45, 2.75) is 225 Å². The molecule has 0 rings (SSSR count). The van der Waals surface area contributed by atoms with E-state index in [1.54, 1.807) is 0 Å². The summed E-state index contributed by atoms with van der Waals surface area (Å²) in [6.07, 6.45) is 39.3. The Labute approximate surface area is 339 Å². The minimum absolute atomic E-state index is 0.000935. The number of unbranched alkanes of at least 4 members (excludes halogenated alkanes) is 28. The number of carbonyl (C=O) groups is 2. The Morgan fingerprint density at radius 1 is 0.491 bits per heavy atom. The molecule has 0 aliphatic heterocycles. The monoisotopic (exact) mass is 804 g/mol. The Bertz CT molecular complexity index is 831. The number of phosphoric ester groups is 1. The van der Waals surface area contributed by atoms with Crippen LogP contribution in [0.5, 0.6) is 0 Å². The third-order valence-electron chi connectivity index (χ3n) is 10.4. The van der Waals surface area contributed by atoms with Crippen LogP contribution >= 0.6 is 7.82 Å². The number of rotatable bonds is 45. The van der Waals surface area contributed by atoms with Gasteiger partial charge in [0.25, 0.3) is 7.82 Å². The molecule has 11 heteroatoms. The van der Waals surface area contributed by atoms with Crippen molar-refractivity contribution in [2.24, 2.45) is 0 Å². The van der Waals surface area contributed by atoms with Crippen LogP contribution < -0.4 is 15.5 Å². The first-order valence-electron chi connectivity index (χ1n) is 23.1. The minimum atomic E-state index is -4.27. The van der Waals surface area contributed by atoms with E-state index in [1.165, 1.54) is 167 Å². The quantitative estimate of drug-likeness (QED) is 0.0459. The zero-order valence-electron chi connectivity index (χ0n) is 36.2. The van der Waals surface area contributed by atoms with Gasteiger partial charge in [-0.15, -0.1) is 0 Å². The molecule has 0 aromatic heterocycles. The molecule has 2 amide bonds. The van der Waals surface area contributed by atoms with Crippen LogP contribution in [-0.2, 0) is 32.7 Å². The van der Waals surface area contributed by atoms with Crippen LogP contribution in [-0.4, -0.2) is 64.5 Å². The molecule has 1 unspecified atom stereocenters. The van der Waals surface area contributed by atoms with E-state index in [-0.39, 0.29) is 38.2 Å². The number of hydrogen-bond acceptors (Lipinski definition) is 8. The number of amides is 2. The SMILES string of the molecule is CCCCCCCCCCCCCCCCCC(=O)NCC(CNC(=O)CCCCCCCCCCCCCCCCC)OCCOCCOP(=O)([O-])OC. The number of hydrogen-bond donors (Lipinski definition) is 2. The van der Waals surface area contributed by atoms with E-state index in [2.05, 4.69) is 33.5 Å². The van der Waals surface area contributed by atoms with Gasteiger partial charge in [-0.05, 0) is 12.8 Å². The van der Waals surface area contributed by atoms with E-state index in [1.807, 2.05) is 0 Å². The average Bonchev–Trinajstić information content (AvgIpc) is 3.18. The van der Waals surface area contributed by atoms with Crippen LogP contribution in [0.1, 0.15) is 219 Å². The lowest BCUT2D eigenvalue weighted by molar-refractivity contribution is -0.223. The standard InChI is InChI=1S/C44H89N2O8P/c1-4-6-8-10-12-14-16-18-20-22-24-26-28-30-32-34-43(47)45-40-42(53-38-36-52-37-39-54-55(49,50)51-3)41-46-44(48)35-33-31-29-27-25-23-21-19-17-15-13-11-9-7-5-2/h42H,4-41H2,1-3H3,(H,45,47)(H,46,48)(H,49,50)/p-1. The van der Waals surface area contributed by atoms with Crippen molar-refractivity contribution in [3.8, 4) is 0 Å². The summed E-state index contributed by atoms with van der Waals surface area (Å²) in [5, 5.41) is 5.97. The summed E-state index contributed by atoms with van der Waals surface area (Å²) in [5.74, 6) is 0.00187. The molecule has 10 nitrogen and oxygen atoms in total. The predicted molar refractivity (Wildman–Crippen MR) is 226 cm³/mol. The predicted octanol–water partition coefficient (Wildman–Crippen LogP) is 11.3. The third kappa shape index (κ3) is 42.4. The maximum Gasteiger partial charge on any atom is 0.267 e. The number of ether oxygens (including phenoxy) is 2. The van der Waals surface area contributed by atoms with Gasteiger partial charge in [-0.1, -0.05) is 194 Å². The molecule has 328 valence electrons. The minimum Gasteiger partial charge on any atom is -0.756 e. The average molecular weight is 804 g/mol. The van der Waals surface area contributed by atoms with E-state index < -0.39 is 13.9 Å². The third-order valence-corrected chi connectivity index (χ3v) is 11.3. The fraction of sp³-hybridized carbons (Fsp3) is 0.955. The molecule has 0 spiro atoms. The lowest BCUT2D eigenvalue weighted by Gasteiger charge is -2.21. The summed E-state index contributed by atoms with van der Waals surface area (Å²) in [5.41, 5.74) is 0. The van der Waals surface area contributed by atoms with E-state index in [0.29, 0.717) is 25.9 Å². The molecule has 0 heterocycles. The first-order valence-corrected chi connectivity index (χ1v) is 24.5. The van der Waals surface area contributed by atoms with Crippen LogP contribution in [0.2, 0.25) is 0 Å². The van der Waals surface area contributed by atoms with Crippen molar-refractivity contribution in [2.75, 3.05) is 46.6 Å². The maximum atomic E-state index is 12.6. The largest absolute Gasteiger partial charge is 0.756 e. The molecule has 0 fully saturated rings. The van der Waals surface area contributed by atoms with E-state index in [9.17, 15) is 19.0 Å². The Hall–Kier alpha value is -1.03. The van der Waals surface area contributed by atoms with Crippen LogP contribution in [0, 0.1) is 0 Å². The van der Waals surface area contributed by atoms with Gasteiger partial charge in [0.15, 0.2) is 0 Å². The molecular formula is C44H88N2O8P-. The highest BCUT2D eigenvalue weighted by Gasteiger charge is 2.13. The van der Waals surface area contributed by atoms with Gasteiger partial charge in [0.1, 0.15) is 0 Å². The van der Waals surface area contributed by atoms with Crippen LogP contribution in [0.25, 0.3) is 0 Å². The summed E-state index contributed by atoms with van der Waals surface area (Å²) < 4.78 is 31.5. The molecule has 0 saturated carbocycles. The molecule has 1 atom stereocenters. The van der Waals surface area contributed by atoms with Crippen molar-refractivity contribution >= 4 is 19.6 Å². The topological polar surface area (TPSA) is 135 Å². The molecule has 55 heavy (non-hydrogen) atoms. The van der Waals surface area contributed by atoms with Crippen LogP contribution in [0.15, 0.2) is 0 Å². The molecule has 2 N–H and O–H groups in total.